The third kappa shape index (κ3) is 5.18. The van der Waals surface area contributed by atoms with Crippen LogP contribution < -0.4 is 14.8 Å². The molecular formula is C22H25N3O8S. The van der Waals surface area contributed by atoms with Crippen LogP contribution in [0.4, 0.5) is 5.69 Å². The summed E-state index contributed by atoms with van der Waals surface area (Å²) in [5.41, 5.74) is 0.261. The highest BCUT2D eigenvalue weighted by atomic mass is 32.2. The number of anilines is 1. The molecule has 1 atom stereocenters. The van der Waals surface area contributed by atoms with E-state index < -0.39 is 39.4 Å². The highest BCUT2D eigenvalue weighted by Crippen LogP contribution is 2.37. The second-order valence-corrected chi connectivity index (χ2v) is 9.66. The van der Waals surface area contributed by atoms with E-state index >= 15 is 0 Å². The molecule has 1 aromatic heterocycles. The van der Waals surface area contributed by atoms with E-state index in [1.165, 1.54) is 44.6 Å². The van der Waals surface area contributed by atoms with E-state index in [-0.39, 0.29) is 41.6 Å². The van der Waals surface area contributed by atoms with Gasteiger partial charge in [0.2, 0.25) is 5.91 Å². The molecule has 1 aliphatic rings. The fourth-order valence-corrected chi connectivity index (χ4v) is 4.50. The maximum atomic E-state index is 13.4. The largest absolute Gasteiger partial charge is 0.491 e. The number of amides is 3. The quantitative estimate of drug-likeness (QED) is 0.489. The number of imide groups is 1. The fourth-order valence-electron chi connectivity index (χ4n) is 3.61. The zero-order chi connectivity index (χ0) is 25.0. The van der Waals surface area contributed by atoms with Gasteiger partial charge in [-0.25, -0.2) is 13.4 Å². The second kappa shape index (κ2) is 10.2. The molecular weight excluding hydrogens is 466 g/mol. The molecule has 0 unspecified atom stereocenters. The van der Waals surface area contributed by atoms with Gasteiger partial charge in [0.05, 0.1) is 48.0 Å². The number of sulfone groups is 1. The zero-order valence-electron chi connectivity index (χ0n) is 19.2. The van der Waals surface area contributed by atoms with Gasteiger partial charge < -0.3 is 19.5 Å². The van der Waals surface area contributed by atoms with Gasteiger partial charge >= 0.3 is 0 Å². The molecule has 0 fully saturated rings. The lowest BCUT2D eigenvalue weighted by molar-refractivity contribution is -0.119. The average molecular weight is 492 g/mol. The van der Waals surface area contributed by atoms with Gasteiger partial charge in [0.15, 0.2) is 5.75 Å². The summed E-state index contributed by atoms with van der Waals surface area (Å²) >= 11 is 0. The number of hydrogen-bond acceptors (Lipinski definition) is 9. The summed E-state index contributed by atoms with van der Waals surface area (Å²) in [5, 5.41) is 2.55. The van der Waals surface area contributed by atoms with Crippen molar-refractivity contribution in [3.63, 3.8) is 0 Å². The number of benzene rings is 1. The Kier molecular flexibility index (Phi) is 7.52. The van der Waals surface area contributed by atoms with Crippen molar-refractivity contribution in [1.29, 1.82) is 0 Å². The van der Waals surface area contributed by atoms with Gasteiger partial charge in [-0.05, 0) is 31.2 Å². The summed E-state index contributed by atoms with van der Waals surface area (Å²) in [4.78, 5) is 44.0. The summed E-state index contributed by atoms with van der Waals surface area (Å²) in [7, 11) is -0.891. The predicted octanol–water partition coefficient (Wildman–Crippen LogP) is 1.46. The Morgan fingerprint density at radius 2 is 1.88 bits per heavy atom. The monoisotopic (exact) mass is 491 g/mol. The predicted molar refractivity (Wildman–Crippen MR) is 122 cm³/mol. The summed E-state index contributed by atoms with van der Waals surface area (Å²) in [6, 6.07) is 6.19. The molecule has 0 bridgehead atoms. The second-order valence-electron chi connectivity index (χ2n) is 7.47. The van der Waals surface area contributed by atoms with E-state index in [1.54, 1.807) is 6.92 Å². The molecule has 1 aliphatic heterocycles. The first-order valence-corrected chi connectivity index (χ1v) is 12.3. The molecule has 0 saturated heterocycles. The molecule has 1 aromatic carbocycles. The SMILES string of the molecule is CCOc1nc([C@H](CS(C)(=O)=O)N2C(=O)c3cccc(NC(=O)COC)c3C2=O)ccc1OC. The van der Waals surface area contributed by atoms with E-state index in [0.29, 0.717) is 5.75 Å². The molecule has 11 nitrogen and oxygen atoms in total. The van der Waals surface area contributed by atoms with Gasteiger partial charge in [0.1, 0.15) is 16.4 Å². The molecule has 2 aromatic rings. The minimum absolute atomic E-state index is 0.0333. The molecule has 2 heterocycles. The Hall–Kier alpha value is -3.51. The van der Waals surface area contributed by atoms with Crippen LogP contribution in [-0.4, -0.2) is 75.5 Å². The Labute approximate surface area is 196 Å². The van der Waals surface area contributed by atoms with Crippen molar-refractivity contribution in [2.75, 3.05) is 44.8 Å². The van der Waals surface area contributed by atoms with Crippen LogP contribution in [0.15, 0.2) is 30.3 Å². The molecule has 34 heavy (non-hydrogen) atoms. The van der Waals surface area contributed by atoms with Gasteiger partial charge in [-0.3, -0.25) is 19.3 Å². The van der Waals surface area contributed by atoms with Gasteiger partial charge in [-0.2, -0.15) is 0 Å². The van der Waals surface area contributed by atoms with E-state index in [0.717, 1.165) is 11.2 Å². The lowest BCUT2D eigenvalue weighted by atomic mass is 10.1. The minimum atomic E-state index is -3.66. The van der Waals surface area contributed by atoms with Crippen LogP contribution in [0.25, 0.3) is 0 Å². The highest BCUT2D eigenvalue weighted by Gasteiger charge is 2.44. The smallest absolute Gasteiger partial charge is 0.264 e. The molecule has 3 rings (SSSR count). The van der Waals surface area contributed by atoms with Crippen LogP contribution in [-0.2, 0) is 19.4 Å². The maximum absolute atomic E-state index is 13.4. The number of fused-ring (bicyclic) bond motifs is 1. The Bertz CT molecular complexity index is 1230. The first-order chi connectivity index (χ1) is 16.1. The van der Waals surface area contributed by atoms with E-state index in [9.17, 15) is 22.8 Å². The number of carbonyl (C=O) groups is 3. The van der Waals surface area contributed by atoms with Crippen molar-refractivity contribution in [3.05, 3.63) is 47.2 Å². The van der Waals surface area contributed by atoms with Crippen LogP contribution in [0, 0.1) is 0 Å². The van der Waals surface area contributed by atoms with Gasteiger partial charge in [0, 0.05) is 13.4 Å². The van der Waals surface area contributed by atoms with Crippen molar-refractivity contribution < 1.29 is 37.0 Å². The Morgan fingerprint density at radius 3 is 2.50 bits per heavy atom. The van der Waals surface area contributed by atoms with Crippen LogP contribution in [0.5, 0.6) is 11.6 Å². The molecule has 0 saturated carbocycles. The van der Waals surface area contributed by atoms with Crippen molar-refractivity contribution in [2.24, 2.45) is 0 Å². The number of carbonyl (C=O) groups excluding carboxylic acids is 3. The first-order valence-electron chi connectivity index (χ1n) is 10.3. The summed E-state index contributed by atoms with van der Waals surface area (Å²) in [6.45, 7) is 1.76. The molecule has 12 heteroatoms. The Morgan fingerprint density at radius 1 is 1.15 bits per heavy atom. The van der Waals surface area contributed by atoms with Gasteiger partial charge in [-0.1, -0.05) is 6.07 Å². The van der Waals surface area contributed by atoms with Crippen LogP contribution in [0.2, 0.25) is 0 Å². The Balaban J connectivity index is 2.09. The van der Waals surface area contributed by atoms with E-state index in [1.807, 2.05) is 0 Å². The van der Waals surface area contributed by atoms with Gasteiger partial charge in [-0.15, -0.1) is 0 Å². The third-order valence-electron chi connectivity index (χ3n) is 4.96. The number of methoxy groups -OCH3 is 2. The van der Waals surface area contributed by atoms with Crippen molar-refractivity contribution in [2.45, 2.75) is 13.0 Å². The third-order valence-corrected chi connectivity index (χ3v) is 5.88. The maximum Gasteiger partial charge on any atom is 0.264 e. The van der Waals surface area contributed by atoms with E-state index in [4.69, 9.17) is 14.2 Å². The van der Waals surface area contributed by atoms with Crippen molar-refractivity contribution in [1.82, 2.24) is 9.88 Å². The summed E-state index contributed by atoms with van der Waals surface area (Å²) < 4.78 is 40.0. The highest BCUT2D eigenvalue weighted by molar-refractivity contribution is 7.90. The first kappa shape index (κ1) is 25.1. The molecule has 182 valence electrons. The molecule has 0 aliphatic carbocycles. The van der Waals surface area contributed by atoms with Crippen LogP contribution in [0.3, 0.4) is 0 Å². The number of nitrogens with zero attached hydrogens (tertiary/aromatic N) is 2. The molecule has 0 spiro atoms. The lowest BCUT2D eigenvalue weighted by Crippen LogP contribution is -2.38. The fraction of sp³-hybridized carbons (Fsp3) is 0.364. The number of aromatic nitrogens is 1. The molecule has 3 amide bonds. The number of hydrogen-bond donors (Lipinski definition) is 1. The molecule has 0 radical (unpaired) electrons. The summed E-state index contributed by atoms with van der Waals surface area (Å²) in [5.74, 6) is -2.11. The van der Waals surface area contributed by atoms with Gasteiger partial charge in [0.25, 0.3) is 17.7 Å². The minimum Gasteiger partial charge on any atom is -0.491 e. The number of rotatable bonds is 10. The van der Waals surface area contributed by atoms with Crippen LogP contribution in [0.1, 0.15) is 39.4 Å². The normalized spacial score (nSPS) is 14.1. The van der Waals surface area contributed by atoms with Crippen molar-refractivity contribution >= 4 is 33.2 Å². The number of pyridine rings is 1. The topological polar surface area (TPSA) is 141 Å². The van der Waals surface area contributed by atoms with E-state index in [2.05, 4.69) is 10.3 Å². The lowest BCUT2D eigenvalue weighted by Gasteiger charge is -2.26. The standard InChI is InChI=1S/C22H25N3O8S/c1-5-33-20-17(32-3)10-9-14(24-20)16(12-34(4,29)30)25-21(27)13-7-6-8-15(19(13)22(25)28)23-18(26)11-31-2/h6-10,16H,5,11-12H2,1-4H3,(H,23,26)/t16-/m0/s1. The van der Waals surface area contributed by atoms with Crippen molar-refractivity contribution in [3.8, 4) is 11.6 Å². The van der Waals surface area contributed by atoms with Crippen LogP contribution >= 0.6 is 0 Å². The molecule has 1 N–H and O–H groups in total. The number of ether oxygens (including phenoxy) is 3. The zero-order valence-corrected chi connectivity index (χ0v) is 20.0. The average Bonchev–Trinajstić information content (AvgIpc) is 3.03. The number of nitrogens with one attached hydrogen (secondary N) is 1. The summed E-state index contributed by atoms with van der Waals surface area (Å²) in [6.07, 6.45) is 1.00.